The highest BCUT2D eigenvalue weighted by Gasteiger charge is 2.39. The molecule has 0 radical (unpaired) electrons. The number of rotatable bonds is 4. The molecular formula is C21H17ClN2O5. The fraction of sp³-hybridized carbons (Fsp3) is 0.190. The Hall–Kier alpha value is -3.16. The molecule has 29 heavy (non-hydrogen) atoms. The van der Waals surface area contributed by atoms with E-state index in [0.29, 0.717) is 28.5 Å². The molecule has 3 heterocycles. The van der Waals surface area contributed by atoms with Crippen molar-refractivity contribution in [1.82, 2.24) is 9.88 Å². The third-order valence-electron chi connectivity index (χ3n) is 5.07. The molecule has 0 spiro atoms. The highest BCUT2D eigenvalue weighted by atomic mass is 35.5. The van der Waals surface area contributed by atoms with Crippen LogP contribution >= 0.6 is 11.6 Å². The van der Waals surface area contributed by atoms with E-state index in [1.54, 1.807) is 24.4 Å². The molecule has 2 aliphatic rings. The number of benzene rings is 2. The van der Waals surface area contributed by atoms with Gasteiger partial charge in [0.15, 0.2) is 17.3 Å². The number of carbonyl (C=O) groups is 1. The Labute approximate surface area is 171 Å². The van der Waals surface area contributed by atoms with E-state index in [9.17, 15) is 9.90 Å². The smallest absolute Gasteiger partial charge is 0.245 e. The molecule has 5 rings (SSSR count). The number of hydrogen-bond donors (Lipinski definition) is 2. The standard InChI is InChI=1S/C21H17ClN2O5/c22-8-19(26)24-16(10-25)20(14-9-23-15-4-2-1-3-13(14)15)29-21(24)12-5-6-17-18(7-12)28-11-27-17/h1-7,9,21,23,25H,8,10-11H2/t21-/m1/s1. The second-order valence-corrected chi connectivity index (χ2v) is 6.93. The first-order chi connectivity index (χ1) is 14.2. The van der Waals surface area contributed by atoms with Crippen LogP contribution in [0.25, 0.3) is 16.7 Å². The lowest BCUT2D eigenvalue weighted by atomic mass is 10.1. The quantitative estimate of drug-likeness (QED) is 0.642. The van der Waals surface area contributed by atoms with E-state index in [2.05, 4.69) is 4.98 Å². The van der Waals surface area contributed by atoms with Crippen LogP contribution in [-0.4, -0.2) is 40.2 Å². The Balaban J connectivity index is 1.62. The SMILES string of the molecule is O=C(CCl)N1C(CO)=C(c2c[nH]c3ccccc23)O[C@@H]1c1ccc2c(c1)OCO2. The molecule has 2 N–H and O–H groups in total. The monoisotopic (exact) mass is 412 g/mol. The molecule has 7 nitrogen and oxygen atoms in total. The first kappa shape index (κ1) is 17.9. The largest absolute Gasteiger partial charge is 0.463 e. The number of aliphatic hydroxyl groups is 1. The summed E-state index contributed by atoms with van der Waals surface area (Å²) in [5, 5.41) is 11.0. The van der Waals surface area contributed by atoms with Crippen molar-refractivity contribution in [2.24, 2.45) is 0 Å². The minimum absolute atomic E-state index is 0.148. The Morgan fingerprint density at radius 1 is 1.21 bits per heavy atom. The summed E-state index contributed by atoms with van der Waals surface area (Å²) in [6.45, 7) is -0.228. The average molecular weight is 413 g/mol. The number of fused-ring (bicyclic) bond motifs is 2. The number of ether oxygens (including phenoxy) is 3. The molecule has 0 fully saturated rings. The molecule has 2 aromatic carbocycles. The summed E-state index contributed by atoms with van der Waals surface area (Å²) in [7, 11) is 0. The number of carbonyl (C=O) groups excluding carboxylic acids is 1. The average Bonchev–Trinajstić information content (AvgIpc) is 3.47. The Bertz CT molecular complexity index is 1140. The molecule has 1 atom stereocenters. The highest BCUT2D eigenvalue weighted by Crippen LogP contribution is 2.45. The van der Waals surface area contributed by atoms with E-state index in [1.807, 2.05) is 24.3 Å². The van der Waals surface area contributed by atoms with Gasteiger partial charge in [-0.2, -0.15) is 0 Å². The van der Waals surface area contributed by atoms with Gasteiger partial charge in [0.05, 0.1) is 12.3 Å². The first-order valence-electron chi connectivity index (χ1n) is 9.06. The predicted molar refractivity (Wildman–Crippen MR) is 106 cm³/mol. The van der Waals surface area contributed by atoms with Crippen LogP contribution in [-0.2, 0) is 9.53 Å². The molecule has 148 valence electrons. The number of nitrogens with one attached hydrogen (secondary N) is 1. The molecule has 1 amide bonds. The van der Waals surface area contributed by atoms with Crippen molar-refractivity contribution in [3.8, 4) is 11.5 Å². The van der Waals surface area contributed by atoms with Gasteiger partial charge < -0.3 is 24.3 Å². The second-order valence-electron chi connectivity index (χ2n) is 6.66. The molecule has 0 unspecified atom stereocenters. The van der Waals surface area contributed by atoms with Crippen LogP contribution in [0, 0.1) is 0 Å². The van der Waals surface area contributed by atoms with Crippen molar-refractivity contribution in [1.29, 1.82) is 0 Å². The predicted octanol–water partition coefficient (Wildman–Crippen LogP) is 3.35. The van der Waals surface area contributed by atoms with E-state index in [-0.39, 0.29) is 25.2 Å². The van der Waals surface area contributed by atoms with Crippen molar-refractivity contribution < 1.29 is 24.1 Å². The maximum atomic E-state index is 12.7. The van der Waals surface area contributed by atoms with Crippen molar-refractivity contribution >= 4 is 34.2 Å². The van der Waals surface area contributed by atoms with E-state index in [1.165, 1.54) is 4.90 Å². The van der Waals surface area contributed by atoms with Gasteiger partial charge >= 0.3 is 0 Å². The van der Waals surface area contributed by atoms with E-state index >= 15 is 0 Å². The minimum Gasteiger partial charge on any atom is -0.463 e. The van der Waals surface area contributed by atoms with Crippen LogP contribution < -0.4 is 9.47 Å². The van der Waals surface area contributed by atoms with Crippen LogP contribution in [0.1, 0.15) is 17.4 Å². The third-order valence-corrected chi connectivity index (χ3v) is 5.29. The topological polar surface area (TPSA) is 84.0 Å². The summed E-state index contributed by atoms with van der Waals surface area (Å²) < 4.78 is 17.1. The first-order valence-corrected chi connectivity index (χ1v) is 9.59. The maximum Gasteiger partial charge on any atom is 0.245 e. The Morgan fingerprint density at radius 3 is 2.86 bits per heavy atom. The van der Waals surface area contributed by atoms with Crippen LogP contribution in [0.2, 0.25) is 0 Å². The van der Waals surface area contributed by atoms with Gasteiger partial charge in [-0.3, -0.25) is 9.69 Å². The summed E-state index contributed by atoms with van der Waals surface area (Å²) in [6, 6.07) is 13.1. The summed E-state index contributed by atoms with van der Waals surface area (Å²) >= 11 is 5.87. The lowest BCUT2D eigenvalue weighted by molar-refractivity contribution is -0.133. The van der Waals surface area contributed by atoms with E-state index in [0.717, 1.165) is 16.5 Å². The number of amides is 1. The maximum absolute atomic E-state index is 12.7. The molecule has 0 saturated carbocycles. The molecule has 2 aliphatic heterocycles. The van der Waals surface area contributed by atoms with Gasteiger partial charge in [0.2, 0.25) is 18.9 Å². The molecule has 0 saturated heterocycles. The number of aromatic amines is 1. The fourth-order valence-corrected chi connectivity index (χ4v) is 3.87. The molecule has 3 aromatic rings. The number of aliphatic hydroxyl groups excluding tert-OH is 1. The van der Waals surface area contributed by atoms with Gasteiger partial charge in [-0.15, -0.1) is 11.6 Å². The van der Waals surface area contributed by atoms with Crippen molar-refractivity contribution in [2.75, 3.05) is 19.3 Å². The number of halogens is 1. The summed E-state index contributed by atoms with van der Waals surface area (Å²) in [4.78, 5) is 17.3. The number of nitrogens with zero attached hydrogens (tertiary/aromatic N) is 1. The number of para-hydroxylation sites is 1. The van der Waals surface area contributed by atoms with E-state index < -0.39 is 6.23 Å². The summed E-state index contributed by atoms with van der Waals surface area (Å²) in [6.07, 6.45) is 1.03. The fourth-order valence-electron chi connectivity index (χ4n) is 3.74. The van der Waals surface area contributed by atoms with Crippen molar-refractivity contribution in [3.63, 3.8) is 0 Å². The zero-order chi connectivity index (χ0) is 20.0. The third kappa shape index (κ3) is 2.82. The van der Waals surface area contributed by atoms with Crippen molar-refractivity contribution in [3.05, 3.63) is 65.5 Å². The van der Waals surface area contributed by atoms with Gasteiger partial charge in [-0.25, -0.2) is 0 Å². The molecule has 0 bridgehead atoms. The number of H-pyrrole nitrogens is 1. The zero-order valence-electron chi connectivity index (χ0n) is 15.2. The molecular weight excluding hydrogens is 396 g/mol. The van der Waals surface area contributed by atoms with Crippen molar-refractivity contribution in [2.45, 2.75) is 6.23 Å². The van der Waals surface area contributed by atoms with Gasteiger partial charge in [0.25, 0.3) is 0 Å². The van der Waals surface area contributed by atoms with E-state index in [4.69, 9.17) is 25.8 Å². The van der Waals surface area contributed by atoms with Gasteiger partial charge in [0, 0.05) is 28.2 Å². The zero-order valence-corrected chi connectivity index (χ0v) is 16.0. The van der Waals surface area contributed by atoms with Crippen LogP contribution in [0.5, 0.6) is 11.5 Å². The normalized spacial score (nSPS) is 17.9. The second kappa shape index (κ2) is 7.02. The van der Waals surface area contributed by atoms with Gasteiger partial charge in [0.1, 0.15) is 5.88 Å². The number of aromatic nitrogens is 1. The van der Waals surface area contributed by atoms with Gasteiger partial charge in [-0.05, 0) is 24.3 Å². The number of hydrogen-bond acceptors (Lipinski definition) is 5. The molecule has 8 heteroatoms. The number of alkyl halides is 1. The van der Waals surface area contributed by atoms with Crippen LogP contribution in [0.15, 0.2) is 54.4 Å². The minimum atomic E-state index is -0.776. The highest BCUT2D eigenvalue weighted by molar-refractivity contribution is 6.27. The Morgan fingerprint density at radius 2 is 2.03 bits per heavy atom. The molecule has 0 aliphatic carbocycles. The summed E-state index contributed by atoms with van der Waals surface area (Å²) in [5.41, 5.74) is 2.74. The van der Waals surface area contributed by atoms with Gasteiger partial charge in [-0.1, -0.05) is 18.2 Å². The Kier molecular flexibility index (Phi) is 4.34. The van der Waals surface area contributed by atoms with Crippen LogP contribution in [0.4, 0.5) is 0 Å². The van der Waals surface area contributed by atoms with Crippen LogP contribution in [0.3, 0.4) is 0 Å². The lowest BCUT2D eigenvalue weighted by Crippen LogP contribution is -2.33. The lowest BCUT2D eigenvalue weighted by Gasteiger charge is -2.24. The summed E-state index contributed by atoms with van der Waals surface area (Å²) in [5.74, 6) is 1.04. The molecule has 1 aromatic heterocycles.